The summed E-state index contributed by atoms with van der Waals surface area (Å²) in [7, 11) is 0. The summed E-state index contributed by atoms with van der Waals surface area (Å²) in [6.45, 7) is 0. The second kappa shape index (κ2) is 17.6. The van der Waals surface area contributed by atoms with E-state index >= 15 is 0 Å². The van der Waals surface area contributed by atoms with Crippen molar-refractivity contribution in [3.05, 3.63) is 0 Å². The molecule has 0 unspecified atom stereocenters. The van der Waals surface area contributed by atoms with Crippen LogP contribution in [0.1, 0.15) is 0 Å². The van der Waals surface area contributed by atoms with Crippen molar-refractivity contribution in [2.24, 2.45) is 0 Å². The summed E-state index contributed by atoms with van der Waals surface area (Å²) in [5.41, 5.74) is 0. The molecule has 0 rings (SSSR count). The molecule has 0 nitrogen and oxygen atoms in total. The normalized spacial score (nSPS) is 0. The minimum absolute atomic E-state index is 0. The molecule has 23 valence electrons. The zero-order valence-corrected chi connectivity index (χ0v) is 9.56. The molecule has 4 heteroatoms. The molecule has 0 heterocycles. The van der Waals surface area contributed by atoms with Gasteiger partial charge in [-0.2, -0.15) is 0 Å². The first-order valence-corrected chi connectivity index (χ1v) is 0. The molecule has 0 aromatic rings. The zero-order chi connectivity index (χ0) is 0. The zero-order valence-electron chi connectivity index (χ0n) is 1.92. The third-order valence-corrected chi connectivity index (χ3v) is 0. The maximum absolute atomic E-state index is 0. The maximum Gasteiger partial charge on any atom is 0 e. The standard InChI is InChI=1S/Cr.Cu.Zn.Zr. The van der Waals surface area contributed by atoms with Crippen molar-refractivity contribution in [1.82, 2.24) is 0 Å². The van der Waals surface area contributed by atoms with Crippen molar-refractivity contribution in [3.63, 3.8) is 0 Å². The van der Waals surface area contributed by atoms with Crippen LogP contribution < -0.4 is 0 Å². The van der Waals surface area contributed by atoms with Crippen LogP contribution in [0, 0.1) is 0 Å². The van der Waals surface area contributed by atoms with Crippen LogP contribution in [0.25, 0.3) is 0 Å². The fourth-order valence-electron chi connectivity index (χ4n) is 0. The Labute approximate surface area is 79.0 Å². The van der Waals surface area contributed by atoms with Crippen molar-refractivity contribution in [2.75, 3.05) is 0 Å². The van der Waals surface area contributed by atoms with Gasteiger partial charge in [-0.3, -0.25) is 0 Å². The molecule has 0 atom stereocenters. The maximum atomic E-state index is 0. The Morgan fingerprint density at radius 1 is 1.00 bits per heavy atom. The summed E-state index contributed by atoms with van der Waals surface area (Å²) < 4.78 is 0. The molecule has 0 bridgehead atoms. The fraction of sp³-hybridized carbons (Fsp3) is 0. The predicted octanol–water partition coefficient (Wildman–Crippen LogP) is -0.0100. The summed E-state index contributed by atoms with van der Waals surface area (Å²) in [6.07, 6.45) is 0. The number of rotatable bonds is 0. The monoisotopic (exact) mass is 269 g/mol. The van der Waals surface area contributed by atoms with Crippen LogP contribution in [0.5, 0.6) is 0 Å². The molecule has 0 aromatic heterocycles. The summed E-state index contributed by atoms with van der Waals surface area (Å²) in [5, 5.41) is 0. The van der Waals surface area contributed by atoms with Gasteiger partial charge in [0.05, 0.1) is 0 Å². The van der Waals surface area contributed by atoms with Crippen molar-refractivity contribution in [3.8, 4) is 0 Å². The van der Waals surface area contributed by atoms with Crippen LogP contribution >= 0.6 is 0 Å². The van der Waals surface area contributed by atoms with Gasteiger partial charge in [-0.15, -0.1) is 0 Å². The van der Waals surface area contributed by atoms with E-state index in [1.165, 1.54) is 0 Å². The first kappa shape index (κ1) is 31.0. The van der Waals surface area contributed by atoms with Crippen molar-refractivity contribution in [1.29, 1.82) is 0 Å². The Balaban J connectivity index is 0. The fourth-order valence-corrected chi connectivity index (χ4v) is 0. The van der Waals surface area contributed by atoms with Crippen molar-refractivity contribution >= 4 is 0 Å². The number of hydrogen-bond donors (Lipinski definition) is 0. The van der Waals surface area contributed by atoms with Gasteiger partial charge in [0.1, 0.15) is 0 Å². The first-order chi connectivity index (χ1) is 0. The van der Waals surface area contributed by atoms with E-state index in [1.54, 1.807) is 0 Å². The predicted molar refractivity (Wildman–Crippen MR) is 0 cm³/mol. The molecule has 0 saturated carbocycles. The topological polar surface area (TPSA) is 0 Å². The Kier molecular flexibility index (Phi) is 137. The van der Waals surface area contributed by atoms with Crippen LogP contribution in [-0.2, 0) is 80.1 Å². The Morgan fingerprint density at radius 3 is 1.00 bits per heavy atom. The van der Waals surface area contributed by atoms with E-state index in [-0.39, 0.29) is 80.1 Å². The van der Waals surface area contributed by atoms with Gasteiger partial charge in [-0.1, -0.05) is 0 Å². The van der Waals surface area contributed by atoms with Gasteiger partial charge in [0.15, 0.2) is 0 Å². The van der Waals surface area contributed by atoms with E-state index < -0.39 is 0 Å². The molecule has 0 saturated heterocycles. The summed E-state index contributed by atoms with van der Waals surface area (Å²) in [4.78, 5) is 0. The van der Waals surface area contributed by atoms with Crippen LogP contribution in [0.2, 0.25) is 0 Å². The van der Waals surface area contributed by atoms with Gasteiger partial charge in [0, 0.05) is 80.1 Å². The van der Waals surface area contributed by atoms with E-state index in [0.29, 0.717) is 0 Å². The molecule has 4 heavy (non-hydrogen) atoms. The molecule has 0 N–H and O–H groups in total. The average molecular weight is 272 g/mol. The van der Waals surface area contributed by atoms with E-state index in [4.69, 9.17) is 0 Å². The van der Waals surface area contributed by atoms with Gasteiger partial charge >= 0.3 is 0 Å². The molecular weight excluding hydrogens is 272 g/mol. The second-order valence-electron chi connectivity index (χ2n) is 0. The molecular formula is CrCuZnZr. The van der Waals surface area contributed by atoms with Crippen LogP contribution in [-0.4, -0.2) is 0 Å². The molecule has 1 radical (unpaired) electrons. The van der Waals surface area contributed by atoms with E-state index in [2.05, 4.69) is 0 Å². The van der Waals surface area contributed by atoms with E-state index in [9.17, 15) is 0 Å². The van der Waals surface area contributed by atoms with E-state index in [1.807, 2.05) is 0 Å². The largest absolute Gasteiger partial charge is 0 e. The molecule has 0 aliphatic carbocycles. The third-order valence-electron chi connectivity index (χ3n) is 0. The first-order valence-electron chi connectivity index (χ1n) is 0. The van der Waals surface area contributed by atoms with Gasteiger partial charge < -0.3 is 0 Å². The molecule has 0 amide bonds. The van der Waals surface area contributed by atoms with Crippen LogP contribution in [0.3, 0.4) is 0 Å². The van der Waals surface area contributed by atoms with E-state index in [0.717, 1.165) is 0 Å². The van der Waals surface area contributed by atoms with Gasteiger partial charge in [0.25, 0.3) is 0 Å². The van der Waals surface area contributed by atoms with Crippen molar-refractivity contribution in [2.45, 2.75) is 0 Å². The minimum Gasteiger partial charge on any atom is 0 e. The summed E-state index contributed by atoms with van der Waals surface area (Å²) in [5.74, 6) is 0. The Bertz CT molecular complexity index is 8.00. The van der Waals surface area contributed by atoms with Crippen LogP contribution in [0.15, 0.2) is 0 Å². The molecule has 0 aromatic carbocycles. The quantitative estimate of drug-likeness (QED) is 0.544. The Hall–Kier alpha value is 2.56. The number of hydrogen-bond acceptors (Lipinski definition) is 0. The molecule has 0 spiro atoms. The van der Waals surface area contributed by atoms with Crippen molar-refractivity contribution < 1.29 is 80.1 Å². The molecule has 0 aliphatic heterocycles. The summed E-state index contributed by atoms with van der Waals surface area (Å²) in [6, 6.07) is 0. The van der Waals surface area contributed by atoms with Crippen LogP contribution in [0.4, 0.5) is 0 Å². The van der Waals surface area contributed by atoms with Gasteiger partial charge in [-0.05, 0) is 0 Å². The van der Waals surface area contributed by atoms with Gasteiger partial charge in [0.2, 0.25) is 0 Å². The average Bonchev–Trinajstić information content (AvgIpc) is 0. The Morgan fingerprint density at radius 2 is 1.00 bits per heavy atom. The molecule has 0 aliphatic rings. The third kappa shape index (κ3) is 8.82. The minimum atomic E-state index is 0. The SMILES string of the molecule is [Cr].[Cu].[Zn].[Zr]. The smallest absolute Gasteiger partial charge is 0 e. The second-order valence-corrected chi connectivity index (χ2v) is 0. The van der Waals surface area contributed by atoms with Gasteiger partial charge in [-0.25, -0.2) is 0 Å². The molecule has 0 fully saturated rings. The summed E-state index contributed by atoms with van der Waals surface area (Å²) >= 11 is 0.